The fraction of sp³-hybridized carbons (Fsp3) is 0.944. The van der Waals surface area contributed by atoms with Crippen molar-refractivity contribution in [2.75, 3.05) is 39.3 Å². The van der Waals surface area contributed by atoms with Crippen molar-refractivity contribution >= 4 is 6.01 Å². The topological polar surface area (TPSA) is 24.7 Å². The number of aliphatic imine (C=N–C) groups is 2. The lowest BCUT2D eigenvalue weighted by molar-refractivity contribution is -0.920. The molecule has 1 aliphatic heterocycles. The summed E-state index contributed by atoms with van der Waals surface area (Å²) in [5.74, 6) is 0.996. The lowest BCUT2D eigenvalue weighted by Crippen LogP contribution is -2.49. The lowest BCUT2D eigenvalue weighted by atomic mass is 9.98. The van der Waals surface area contributed by atoms with Crippen LogP contribution in [0.25, 0.3) is 0 Å². The van der Waals surface area contributed by atoms with Gasteiger partial charge in [-0.3, -0.25) is 0 Å². The second-order valence-corrected chi connectivity index (χ2v) is 7.07. The maximum absolute atomic E-state index is 4.29. The highest BCUT2D eigenvalue weighted by Crippen LogP contribution is 2.29. The Morgan fingerprint density at radius 1 is 0.952 bits per heavy atom. The first-order valence-electron chi connectivity index (χ1n) is 9.28. The van der Waals surface area contributed by atoms with Crippen LogP contribution in [0.4, 0.5) is 0 Å². The molecular formula is C18H34N3+. The summed E-state index contributed by atoms with van der Waals surface area (Å²) >= 11 is 0. The van der Waals surface area contributed by atoms with E-state index in [1.165, 1.54) is 88.4 Å². The van der Waals surface area contributed by atoms with Crippen molar-refractivity contribution in [2.24, 2.45) is 15.9 Å². The summed E-state index contributed by atoms with van der Waals surface area (Å²) in [6.45, 7) is 9.35. The molecule has 21 heavy (non-hydrogen) atoms. The summed E-state index contributed by atoms with van der Waals surface area (Å²) in [4.78, 5) is 8.33. The van der Waals surface area contributed by atoms with Crippen molar-refractivity contribution in [1.29, 1.82) is 0 Å². The van der Waals surface area contributed by atoms with Gasteiger partial charge in [-0.05, 0) is 19.8 Å². The number of likely N-dealkylation sites (tertiary alicyclic amines) is 1. The van der Waals surface area contributed by atoms with Gasteiger partial charge < -0.3 is 4.48 Å². The van der Waals surface area contributed by atoms with E-state index in [1.54, 1.807) is 0 Å². The predicted octanol–water partition coefficient (Wildman–Crippen LogP) is 4.15. The first-order chi connectivity index (χ1) is 10.3. The van der Waals surface area contributed by atoms with Gasteiger partial charge >= 0.3 is 0 Å². The van der Waals surface area contributed by atoms with Crippen LogP contribution in [0.3, 0.4) is 0 Å². The Labute approximate surface area is 131 Å². The Kier molecular flexibility index (Phi) is 7.46. The molecule has 0 aromatic rings. The van der Waals surface area contributed by atoms with Crippen molar-refractivity contribution in [1.82, 2.24) is 0 Å². The Bertz CT molecular complexity index is 330. The normalized spacial score (nSPS) is 22.5. The van der Waals surface area contributed by atoms with E-state index in [-0.39, 0.29) is 0 Å². The van der Waals surface area contributed by atoms with Crippen molar-refractivity contribution in [3.05, 3.63) is 0 Å². The number of hydrogen-bond donors (Lipinski definition) is 0. The van der Waals surface area contributed by atoms with Crippen LogP contribution >= 0.6 is 0 Å². The molecule has 0 bridgehead atoms. The van der Waals surface area contributed by atoms with Crippen LogP contribution in [-0.4, -0.2) is 49.8 Å². The Morgan fingerprint density at radius 3 is 2.33 bits per heavy atom. The molecule has 0 N–H and O–H groups in total. The van der Waals surface area contributed by atoms with E-state index in [1.807, 2.05) is 6.92 Å². The molecule has 1 saturated carbocycles. The summed E-state index contributed by atoms with van der Waals surface area (Å²) in [6.07, 6.45) is 13.0. The van der Waals surface area contributed by atoms with Crippen LogP contribution in [0, 0.1) is 5.92 Å². The first-order valence-corrected chi connectivity index (χ1v) is 9.28. The molecule has 0 amide bonds. The van der Waals surface area contributed by atoms with Crippen LogP contribution in [0.15, 0.2) is 9.98 Å². The van der Waals surface area contributed by atoms with Gasteiger partial charge in [-0.15, -0.1) is 0 Å². The molecular weight excluding hydrogens is 258 g/mol. The van der Waals surface area contributed by atoms with E-state index in [4.69, 9.17) is 0 Å². The molecule has 120 valence electrons. The van der Waals surface area contributed by atoms with Crippen molar-refractivity contribution in [3.63, 3.8) is 0 Å². The van der Waals surface area contributed by atoms with Gasteiger partial charge in [-0.25, -0.2) is 9.98 Å². The van der Waals surface area contributed by atoms with Crippen molar-refractivity contribution in [2.45, 2.75) is 64.7 Å². The maximum atomic E-state index is 4.29. The molecule has 2 fully saturated rings. The van der Waals surface area contributed by atoms with E-state index in [9.17, 15) is 0 Å². The second kappa shape index (κ2) is 9.38. The van der Waals surface area contributed by atoms with Gasteiger partial charge in [0.1, 0.15) is 0 Å². The molecule has 0 unspecified atom stereocenters. The summed E-state index contributed by atoms with van der Waals surface area (Å²) in [5.41, 5.74) is 0. The summed E-state index contributed by atoms with van der Waals surface area (Å²) in [6, 6.07) is 2.81. The quantitative estimate of drug-likeness (QED) is 0.291. The van der Waals surface area contributed by atoms with E-state index < -0.39 is 0 Å². The van der Waals surface area contributed by atoms with Crippen LogP contribution in [-0.2, 0) is 0 Å². The van der Waals surface area contributed by atoms with E-state index in [2.05, 4.69) is 16.0 Å². The van der Waals surface area contributed by atoms with E-state index >= 15 is 0 Å². The van der Waals surface area contributed by atoms with Crippen LogP contribution < -0.4 is 0 Å². The average molecular weight is 292 g/mol. The van der Waals surface area contributed by atoms with Gasteiger partial charge in [-0.2, -0.15) is 0 Å². The monoisotopic (exact) mass is 292 g/mol. The minimum Gasteiger partial charge on any atom is -0.323 e. The zero-order chi connectivity index (χ0) is 14.8. The van der Waals surface area contributed by atoms with Crippen LogP contribution in [0.2, 0.25) is 0 Å². The molecule has 0 radical (unpaired) electrons. The third-order valence-electron chi connectivity index (χ3n) is 5.34. The largest absolute Gasteiger partial charge is 0.323 e. The van der Waals surface area contributed by atoms with Gasteiger partial charge in [-0.1, -0.05) is 25.7 Å². The minimum atomic E-state index is 0.797. The zero-order valence-corrected chi connectivity index (χ0v) is 14.0. The lowest BCUT2D eigenvalue weighted by Gasteiger charge is -2.37. The fourth-order valence-electron chi connectivity index (χ4n) is 4.25. The summed E-state index contributed by atoms with van der Waals surface area (Å²) in [7, 11) is 0. The van der Waals surface area contributed by atoms with E-state index in [0.29, 0.717) is 0 Å². The maximum Gasteiger partial charge on any atom is 0.0892 e. The van der Waals surface area contributed by atoms with Gasteiger partial charge in [0.05, 0.1) is 38.7 Å². The SMILES string of the molecule is CCN=C=NCCC[N+]1(CC2CCCCCC2)CCCC1. The third-order valence-corrected chi connectivity index (χ3v) is 5.34. The van der Waals surface area contributed by atoms with Gasteiger partial charge in [0.15, 0.2) is 0 Å². The van der Waals surface area contributed by atoms with Crippen LogP contribution in [0.5, 0.6) is 0 Å². The molecule has 1 saturated heterocycles. The highest BCUT2D eigenvalue weighted by Gasteiger charge is 2.34. The molecule has 1 heterocycles. The number of nitrogens with zero attached hydrogens (tertiary/aromatic N) is 3. The Balaban J connectivity index is 1.80. The first kappa shape index (κ1) is 16.7. The van der Waals surface area contributed by atoms with Gasteiger partial charge in [0.25, 0.3) is 0 Å². The van der Waals surface area contributed by atoms with Gasteiger partial charge in [0, 0.05) is 31.7 Å². The van der Waals surface area contributed by atoms with Crippen LogP contribution in [0.1, 0.15) is 64.7 Å². The molecule has 0 spiro atoms. The Morgan fingerprint density at radius 2 is 1.67 bits per heavy atom. The summed E-state index contributed by atoms with van der Waals surface area (Å²) < 4.78 is 1.39. The fourth-order valence-corrected chi connectivity index (χ4v) is 4.25. The van der Waals surface area contributed by atoms with Gasteiger partial charge in [0.2, 0.25) is 0 Å². The highest BCUT2D eigenvalue weighted by molar-refractivity contribution is 5.40. The Hall–Kier alpha value is -0.660. The third kappa shape index (κ3) is 5.92. The molecule has 0 atom stereocenters. The van der Waals surface area contributed by atoms with Crippen molar-refractivity contribution in [3.8, 4) is 0 Å². The zero-order valence-electron chi connectivity index (χ0n) is 14.0. The van der Waals surface area contributed by atoms with E-state index in [0.717, 1.165) is 19.0 Å². The number of quaternary nitrogens is 1. The molecule has 2 rings (SSSR count). The second-order valence-electron chi connectivity index (χ2n) is 7.07. The smallest absolute Gasteiger partial charge is 0.0892 e. The molecule has 3 nitrogen and oxygen atoms in total. The molecule has 1 aliphatic carbocycles. The molecule has 0 aromatic heterocycles. The van der Waals surface area contributed by atoms with Crippen molar-refractivity contribution < 1.29 is 4.48 Å². The predicted molar refractivity (Wildman–Crippen MR) is 90.0 cm³/mol. The standard InChI is InChI=1S/C18H34N3/c1-2-19-17-20-12-9-15-21(13-7-8-14-21)16-18-10-5-3-4-6-11-18/h18H,2-16H2,1H3/q+1. The molecule has 0 aromatic carbocycles. The number of hydrogen-bond acceptors (Lipinski definition) is 2. The molecule has 2 aliphatic rings. The summed E-state index contributed by atoms with van der Waals surface area (Å²) in [5, 5.41) is 0. The minimum absolute atomic E-state index is 0.797. The molecule has 3 heteroatoms. The average Bonchev–Trinajstić information content (AvgIpc) is 2.79. The number of rotatable bonds is 7. The highest BCUT2D eigenvalue weighted by atomic mass is 15.4.